The maximum atomic E-state index is 11.6. The number of ether oxygens (including phenoxy) is 1. The summed E-state index contributed by atoms with van der Waals surface area (Å²) in [5, 5.41) is 14.4. The maximum Gasteiger partial charge on any atom is 0.341 e. The number of benzene rings is 1. The molecule has 114 valence electrons. The Morgan fingerprint density at radius 2 is 2.23 bits per heavy atom. The van der Waals surface area contributed by atoms with Crippen LogP contribution in [0.3, 0.4) is 0 Å². The number of carbonyl (C=O) groups excluding carboxylic acids is 1. The molecule has 0 atom stereocenters. The Morgan fingerprint density at radius 1 is 1.41 bits per heavy atom. The van der Waals surface area contributed by atoms with Crippen molar-refractivity contribution in [1.29, 1.82) is 0 Å². The minimum absolute atomic E-state index is 0.259. The van der Waals surface area contributed by atoms with E-state index in [-0.39, 0.29) is 16.7 Å². The summed E-state index contributed by atoms with van der Waals surface area (Å²) in [6, 6.07) is 8.21. The number of carboxylic acids is 1. The molecule has 2 aromatic rings. The van der Waals surface area contributed by atoms with Crippen molar-refractivity contribution in [1.82, 2.24) is 5.43 Å². The molecule has 0 radical (unpaired) electrons. The van der Waals surface area contributed by atoms with Crippen LogP contribution >= 0.6 is 22.9 Å². The van der Waals surface area contributed by atoms with Crippen molar-refractivity contribution in [3.63, 3.8) is 0 Å². The van der Waals surface area contributed by atoms with Gasteiger partial charge in [0.15, 0.2) is 6.61 Å². The first-order valence-electron chi connectivity index (χ1n) is 6.07. The molecule has 0 bridgehead atoms. The number of halogens is 1. The highest BCUT2D eigenvalue weighted by Crippen LogP contribution is 2.24. The highest BCUT2D eigenvalue weighted by atomic mass is 35.5. The van der Waals surface area contributed by atoms with E-state index in [0.29, 0.717) is 10.4 Å². The molecule has 0 spiro atoms. The first-order valence-corrected chi connectivity index (χ1v) is 7.33. The van der Waals surface area contributed by atoms with Crippen molar-refractivity contribution in [3.05, 3.63) is 51.2 Å². The molecule has 0 fully saturated rings. The lowest BCUT2D eigenvalue weighted by atomic mass is 10.2. The standard InChI is InChI=1S/C14H11ClN2O4S/c15-10-6-9(3-4-11(10)21-8-13(18)19)7-16-17-14(20)12-2-1-5-22-12/h1-7H,8H2,(H,17,20)(H,18,19)/b16-7+. The molecule has 0 aliphatic carbocycles. The molecule has 1 aromatic heterocycles. The fourth-order valence-corrected chi connectivity index (χ4v) is 2.34. The quantitative estimate of drug-likeness (QED) is 0.626. The van der Waals surface area contributed by atoms with Crippen molar-refractivity contribution in [2.24, 2.45) is 5.10 Å². The maximum absolute atomic E-state index is 11.6. The number of thiophene rings is 1. The van der Waals surface area contributed by atoms with Gasteiger partial charge in [-0.15, -0.1) is 11.3 Å². The number of hydrogen-bond donors (Lipinski definition) is 2. The third-order valence-electron chi connectivity index (χ3n) is 2.43. The highest BCUT2D eigenvalue weighted by Gasteiger charge is 2.06. The Labute approximate surface area is 135 Å². The Kier molecular flexibility index (Phi) is 5.51. The minimum Gasteiger partial charge on any atom is -0.480 e. The van der Waals surface area contributed by atoms with Crippen molar-refractivity contribution in [3.8, 4) is 5.75 Å². The number of hydrogen-bond acceptors (Lipinski definition) is 5. The van der Waals surface area contributed by atoms with E-state index in [2.05, 4.69) is 10.5 Å². The molecule has 2 rings (SSSR count). The Morgan fingerprint density at radius 3 is 2.86 bits per heavy atom. The average molecular weight is 339 g/mol. The SMILES string of the molecule is O=C(O)COc1ccc(/C=N/NC(=O)c2cccs2)cc1Cl. The summed E-state index contributed by atoms with van der Waals surface area (Å²) in [6.07, 6.45) is 1.43. The average Bonchev–Trinajstić information content (AvgIpc) is 3.00. The van der Waals surface area contributed by atoms with Gasteiger partial charge in [0.2, 0.25) is 0 Å². The van der Waals surface area contributed by atoms with Crippen molar-refractivity contribution in [2.75, 3.05) is 6.61 Å². The van der Waals surface area contributed by atoms with E-state index >= 15 is 0 Å². The fraction of sp³-hybridized carbons (Fsp3) is 0.0714. The molecule has 6 nitrogen and oxygen atoms in total. The Balaban J connectivity index is 1.95. The highest BCUT2D eigenvalue weighted by molar-refractivity contribution is 7.12. The second kappa shape index (κ2) is 7.58. The van der Waals surface area contributed by atoms with Crippen LogP contribution in [0.2, 0.25) is 5.02 Å². The van der Waals surface area contributed by atoms with E-state index in [1.165, 1.54) is 23.6 Å². The van der Waals surface area contributed by atoms with Gasteiger partial charge in [0, 0.05) is 0 Å². The topological polar surface area (TPSA) is 88.0 Å². The molecule has 8 heteroatoms. The van der Waals surface area contributed by atoms with Gasteiger partial charge in [-0.2, -0.15) is 5.10 Å². The van der Waals surface area contributed by atoms with E-state index < -0.39 is 12.6 Å². The zero-order valence-electron chi connectivity index (χ0n) is 11.2. The monoisotopic (exact) mass is 338 g/mol. The number of amides is 1. The summed E-state index contributed by atoms with van der Waals surface area (Å²) in [5.74, 6) is -1.11. The molecule has 22 heavy (non-hydrogen) atoms. The first-order chi connectivity index (χ1) is 10.6. The minimum atomic E-state index is -1.09. The fourth-order valence-electron chi connectivity index (χ4n) is 1.48. The zero-order chi connectivity index (χ0) is 15.9. The summed E-state index contributed by atoms with van der Waals surface area (Å²) in [4.78, 5) is 22.6. The van der Waals surface area contributed by atoms with E-state index in [9.17, 15) is 9.59 Å². The van der Waals surface area contributed by atoms with Crippen LogP contribution in [-0.2, 0) is 4.79 Å². The Hall–Kier alpha value is -2.38. The van der Waals surface area contributed by atoms with E-state index in [4.69, 9.17) is 21.4 Å². The number of nitrogens with one attached hydrogen (secondary N) is 1. The molecule has 1 aromatic carbocycles. The summed E-state index contributed by atoms with van der Waals surface area (Å²) in [5.41, 5.74) is 3.03. The Bertz CT molecular complexity index is 701. The predicted molar refractivity (Wildman–Crippen MR) is 84.0 cm³/mol. The van der Waals surface area contributed by atoms with E-state index in [1.54, 1.807) is 29.6 Å². The number of nitrogens with zero attached hydrogens (tertiary/aromatic N) is 1. The largest absolute Gasteiger partial charge is 0.480 e. The summed E-state index contributed by atoms with van der Waals surface area (Å²) >= 11 is 7.29. The van der Waals surface area contributed by atoms with Gasteiger partial charge in [-0.25, -0.2) is 10.2 Å². The number of hydrazone groups is 1. The van der Waals surface area contributed by atoms with E-state index in [0.717, 1.165) is 0 Å². The van der Waals surface area contributed by atoms with E-state index in [1.807, 2.05) is 0 Å². The van der Waals surface area contributed by atoms with Crippen molar-refractivity contribution >= 4 is 41.0 Å². The van der Waals surface area contributed by atoms with Crippen LogP contribution in [0.15, 0.2) is 40.8 Å². The van der Waals surface area contributed by atoms with Gasteiger partial charge in [-0.3, -0.25) is 4.79 Å². The van der Waals surface area contributed by atoms with Crippen molar-refractivity contribution in [2.45, 2.75) is 0 Å². The lowest BCUT2D eigenvalue weighted by Gasteiger charge is -2.05. The normalized spacial score (nSPS) is 10.6. The van der Waals surface area contributed by atoms with Gasteiger partial charge in [-0.1, -0.05) is 17.7 Å². The number of carboxylic acid groups (broad SMARTS) is 1. The van der Waals surface area contributed by atoms with Crippen LogP contribution < -0.4 is 10.2 Å². The summed E-state index contributed by atoms with van der Waals surface area (Å²) < 4.78 is 5.00. The number of carbonyl (C=O) groups is 2. The molecule has 2 N–H and O–H groups in total. The van der Waals surface area contributed by atoms with Crippen molar-refractivity contribution < 1.29 is 19.4 Å². The molecule has 0 saturated heterocycles. The lowest BCUT2D eigenvalue weighted by Crippen LogP contribution is -2.16. The molecule has 0 aliphatic heterocycles. The zero-order valence-corrected chi connectivity index (χ0v) is 12.7. The second-order valence-corrected chi connectivity index (χ2v) is 5.40. The summed E-state index contributed by atoms with van der Waals surface area (Å²) in [7, 11) is 0. The van der Waals surface area contributed by atoms with Crippen LogP contribution in [0.25, 0.3) is 0 Å². The third kappa shape index (κ3) is 4.57. The third-order valence-corrected chi connectivity index (χ3v) is 3.60. The van der Waals surface area contributed by atoms with Crippen LogP contribution in [0.1, 0.15) is 15.2 Å². The molecule has 1 heterocycles. The number of aliphatic carboxylic acids is 1. The summed E-state index contributed by atoms with van der Waals surface area (Å²) in [6.45, 7) is -0.468. The molecular formula is C14H11ClN2O4S. The van der Waals surface area contributed by atoms with Crippen LogP contribution in [0.4, 0.5) is 0 Å². The molecule has 0 aliphatic rings. The van der Waals surface area contributed by atoms with Crippen LogP contribution in [-0.4, -0.2) is 29.8 Å². The number of rotatable bonds is 6. The van der Waals surface area contributed by atoms with Gasteiger partial charge >= 0.3 is 5.97 Å². The van der Waals surface area contributed by atoms with Crippen LogP contribution in [0, 0.1) is 0 Å². The van der Waals surface area contributed by atoms with Gasteiger partial charge in [0.25, 0.3) is 5.91 Å². The smallest absolute Gasteiger partial charge is 0.341 e. The van der Waals surface area contributed by atoms with Gasteiger partial charge in [0.05, 0.1) is 16.1 Å². The van der Waals surface area contributed by atoms with Gasteiger partial charge in [0.1, 0.15) is 5.75 Å². The molecule has 0 saturated carbocycles. The van der Waals surface area contributed by atoms with Crippen LogP contribution in [0.5, 0.6) is 5.75 Å². The lowest BCUT2D eigenvalue weighted by molar-refractivity contribution is -0.139. The predicted octanol–water partition coefficient (Wildman–Crippen LogP) is 2.63. The second-order valence-electron chi connectivity index (χ2n) is 4.05. The first kappa shape index (κ1) is 16.0. The molecule has 0 unspecified atom stereocenters. The molecular weight excluding hydrogens is 328 g/mol. The van der Waals surface area contributed by atoms with Gasteiger partial charge in [-0.05, 0) is 35.2 Å². The van der Waals surface area contributed by atoms with Gasteiger partial charge < -0.3 is 9.84 Å². The molecule has 1 amide bonds.